The second-order valence-corrected chi connectivity index (χ2v) is 7.63. The van der Waals surface area contributed by atoms with Gasteiger partial charge >= 0.3 is 0 Å². The van der Waals surface area contributed by atoms with E-state index in [0.29, 0.717) is 6.61 Å². The van der Waals surface area contributed by atoms with E-state index in [2.05, 4.69) is 18.7 Å². The topological polar surface area (TPSA) is 83.0 Å². The Balaban J connectivity index is 1.56. The van der Waals surface area contributed by atoms with Crippen molar-refractivity contribution < 1.29 is 14.2 Å². The SMILES string of the molecule is C[C@@]1(c2ccc(N)cc2)O[C@H]2CO[C@@H]3N2[C@H]1O[C@@]3(C)c1ccc(N)cc1. The first-order valence-corrected chi connectivity index (χ1v) is 8.88. The van der Waals surface area contributed by atoms with Gasteiger partial charge in [-0.1, -0.05) is 24.3 Å². The smallest absolute Gasteiger partial charge is 0.149 e. The number of benzene rings is 2. The quantitative estimate of drug-likeness (QED) is 0.807. The molecule has 2 aromatic carbocycles. The van der Waals surface area contributed by atoms with Crippen molar-refractivity contribution in [3.8, 4) is 0 Å². The fraction of sp³-hybridized carbons (Fsp3) is 0.400. The minimum absolute atomic E-state index is 0.122. The largest absolute Gasteiger partial charge is 0.399 e. The molecule has 0 aromatic heterocycles. The fourth-order valence-corrected chi connectivity index (χ4v) is 4.45. The van der Waals surface area contributed by atoms with Crippen LogP contribution in [0.1, 0.15) is 25.0 Å². The van der Waals surface area contributed by atoms with Gasteiger partial charge in [0.05, 0.1) is 6.61 Å². The van der Waals surface area contributed by atoms with Crippen molar-refractivity contribution in [2.24, 2.45) is 0 Å². The molecule has 0 bridgehead atoms. The Morgan fingerprint density at radius 1 is 0.808 bits per heavy atom. The second-order valence-electron chi connectivity index (χ2n) is 7.63. The second kappa shape index (κ2) is 5.20. The van der Waals surface area contributed by atoms with Gasteiger partial charge in [-0.15, -0.1) is 0 Å². The average molecular weight is 353 g/mol. The molecule has 2 aromatic rings. The number of nitrogens with two attached hydrogens (primary N) is 2. The van der Waals surface area contributed by atoms with Crippen LogP contribution in [0.5, 0.6) is 0 Å². The van der Waals surface area contributed by atoms with Crippen LogP contribution in [0.15, 0.2) is 48.5 Å². The summed E-state index contributed by atoms with van der Waals surface area (Å²) in [5, 5.41) is 0. The molecule has 6 nitrogen and oxygen atoms in total. The van der Waals surface area contributed by atoms with Crippen molar-refractivity contribution in [3.05, 3.63) is 59.7 Å². The predicted molar refractivity (Wildman–Crippen MR) is 97.7 cm³/mol. The van der Waals surface area contributed by atoms with Crippen LogP contribution in [0.4, 0.5) is 11.4 Å². The lowest BCUT2D eigenvalue weighted by Gasteiger charge is -2.33. The maximum Gasteiger partial charge on any atom is 0.149 e. The number of hydrogen-bond donors (Lipinski definition) is 2. The Hall–Kier alpha value is -2.12. The zero-order valence-electron chi connectivity index (χ0n) is 14.9. The third-order valence-corrected chi connectivity index (χ3v) is 5.92. The third-order valence-electron chi connectivity index (χ3n) is 5.92. The molecule has 136 valence electrons. The van der Waals surface area contributed by atoms with Gasteiger partial charge in [0.2, 0.25) is 0 Å². The number of hydrogen-bond acceptors (Lipinski definition) is 6. The molecule has 3 saturated heterocycles. The molecule has 3 heterocycles. The molecule has 3 aliphatic heterocycles. The van der Waals surface area contributed by atoms with Crippen LogP contribution in [0.3, 0.4) is 0 Å². The van der Waals surface area contributed by atoms with E-state index in [1.54, 1.807) is 0 Å². The predicted octanol–water partition coefficient (Wildman–Crippen LogP) is 2.35. The summed E-state index contributed by atoms with van der Waals surface area (Å²) in [6, 6.07) is 15.6. The van der Waals surface area contributed by atoms with E-state index in [1.165, 1.54) is 0 Å². The highest BCUT2D eigenvalue weighted by Gasteiger charge is 2.68. The Morgan fingerprint density at radius 2 is 1.31 bits per heavy atom. The minimum Gasteiger partial charge on any atom is -0.399 e. The summed E-state index contributed by atoms with van der Waals surface area (Å²) in [4.78, 5) is 2.21. The highest BCUT2D eigenvalue weighted by atomic mass is 16.7. The van der Waals surface area contributed by atoms with Crippen molar-refractivity contribution in [2.75, 3.05) is 18.1 Å². The van der Waals surface area contributed by atoms with E-state index >= 15 is 0 Å². The molecule has 0 aliphatic carbocycles. The number of nitrogen functional groups attached to an aromatic ring is 2. The fourth-order valence-electron chi connectivity index (χ4n) is 4.45. The summed E-state index contributed by atoms with van der Waals surface area (Å²) in [5.41, 5.74) is 14.1. The van der Waals surface area contributed by atoms with E-state index in [-0.39, 0.29) is 18.7 Å². The summed E-state index contributed by atoms with van der Waals surface area (Å²) in [5.74, 6) is 0. The molecular weight excluding hydrogens is 330 g/mol. The van der Waals surface area contributed by atoms with Gasteiger partial charge in [-0.2, -0.15) is 0 Å². The Morgan fingerprint density at radius 3 is 1.85 bits per heavy atom. The molecule has 4 N–H and O–H groups in total. The van der Waals surface area contributed by atoms with Crippen molar-refractivity contribution in [3.63, 3.8) is 0 Å². The van der Waals surface area contributed by atoms with Gasteiger partial charge in [0, 0.05) is 11.4 Å². The minimum atomic E-state index is -0.591. The van der Waals surface area contributed by atoms with Crippen LogP contribution < -0.4 is 11.5 Å². The molecule has 5 atom stereocenters. The molecule has 6 heteroatoms. The van der Waals surface area contributed by atoms with Gasteiger partial charge in [0.1, 0.15) is 29.9 Å². The van der Waals surface area contributed by atoms with E-state index in [9.17, 15) is 0 Å². The molecule has 3 fully saturated rings. The highest BCUT2D eigenvalue weighted by molar-refractivity contribution is 5.43. The molecular formula is C20H23N3O3. The maximum atomic E-state index is 6.64. The standard InChI is InChI=1S/C20H23N3O3/c1-19(12-3-7-14(21)8-4-12)17-23-16(11-24-17)25-20(2,18(23)26-19)13-5-9-15(22)10-6-13/h3-10,16-18H,11,21-22H2,1-2H3/t16-,17-,18-,19-,20-/m0/s1. The molecule has 0 spiro atoms. The van der Waals surface area contributed by atoms with Crippen LogP contribution in [-0.2, 0) is 25.4 Å². The zero-order chi connectivity index (χ0) is 18.1. The third kappa shape index (κ3) is 2.01. The number of rotatable bonds is 2. The van der Waals surface area contributed by atoms with Crippen molar-refractivity contribution in [1.29, 1.82) is 0 Å². The van der Waals surface area contributed by atoms with Crippen LogP contribution in [0.2, 0.25) is 0 Å². The molecule has 5 rings (SSSR count). The molecule has 26 heavy (non-hydrogen) atoms. The maximum absolute atomic E-state index is 6.64. The van der Waals surface area contributed by atoms with Crippen molar-refractivity contribution in [1.82, 2.24) is 4.90 Å². The molecule has 0 amide bonds. The van der Waals surface area contributed by atoms with Gasteiger partial charge < -0.3 is 25.7 Å². The van der Waals surface area contributed by atoms with Crippen LogP contribution in [0, 0.1) is 0 Å². The van der Waals surface area contributed by atoms with E-state index in [0.717, 1.165) is 22.5 Å². The zero-order valence-corrected chi connectivity index (χ0v) is 14.9. The Kier molecular flexibility index (Phi) is 3.22. The Labute approximate surface area is 152 Å². The van der Waals surface area contributed by atoms with Gasteiger partial charge in [0.15, 0.2) is 0 Å². The molecule has 0 unspecified atom stereocenters. The monoisotopic (exact) mass is 353 g/mol. The number of nitrogens with zero attached hydrogens (tertiary/aromatic N) is 1. The van der Waals surface area contributed by atoms with E-state index in [1.807, 2.05) is 48.5 Å². The van der Waals surface area contributed by atoms with Gasteiger partial charge in [-0.25, -0.2) is 4.90 Å². The molecule has 0 radical (unpaired) electrons. The van der Waals surface area contributed by atoms with Gasteiger partial charge in [-0.3, -0.25) is 0 Å². The summed E-state index contributed by atoms with van der Waals surface area (Å²) < 4.78 is 19.1. The molecule has 0 saturated carbocycles. The number of ether oxygens (including phenoxy) is 3. The summed E-state index contributed by atoms with van der Waals surface area (Å²) >= 11 is 0. The highest BCUT2D eigenvalue weighted by Crippen LogP contribution is 2.55. The Bertz CT molecular complexity index is 795. The van der Waals surface area contributed by atoms with Crippen LogP contribution in [0.25, 0.3) is 0 Å². The lowest BCUT2D eigenvalue weighted by molar-refractivity contribution is -0.138. The summed E-state index contributed by atoms with van der Waals surface area (Å²) in [6.45, 7) is 4.68. The summed E-state index contributed by atoms with van der Waals surface area (Å²) in [6.07, 6.45) is -0.564. The normalized spacial score (nSPS) is 38.6. The summed E-state index contributed by atoms with van der Waals surface area (Å²) in [7, 11) is 0. The molecule has 3 aliphatic rings. The lowest BCUT2D eigenvalue weighted by atomic mass is 9.93. The van der Waals surface area contributed by atoms with Gasteiger partial charge in [0.25, 0.3) is 0 Å². The lowest BCUT2D eigenvalue weighted by Crippen LogP contribution is -2.40. The van der Waals surface area contributed by atoms with E-state index in [4.69, 9.17) is 25.7 Å². The first kappa shape index (κ1) is 16.1. The first-order chi connectivity index (χ1) is 12.4. The van der Waals surface area contributed by atoms with E-state index < -0.39 is 11.2 Å². The van der Waals surface area contributed by atoms with Crippen molar-refractivity contribution in [2.45, 2.75) is 43.7 Å². The van der Waals surface area contributed by atoms with Crippen LogP contribution in [-0.4, -0.2) is 30.2 Å². The van der Waals surface area contributed by atoms with Crippen LogP contribution >= 0.6 is 0 Å². The number of anilines is 2. The first-order valence-electron chi connectivity index (χ1n) is 8.88. The van der Waals surface area contributed by atoms with Crippen molar-refractivity contribution >= 4 is 11.4 Å². The van der Waals surface area contributed by atoms with Gasteiger partial charge in [-0.05, 0) is 49.2 Å². The average Bonchev–Trinajstić information content (AvgIpc) is 3.25.